The molecule has 8 heteroatoms. The fourth-order valence-corrected chi connectivity index (χ4v) is 6.03. The number of carboxylic acid groups (broad SMARTS) is 1. The van der Waals surface area contributed by atoms with Crippen molar-refractivity contribution in [3.63, 3.8) is 0 Å². The van der Waals surface area contributed by atoms with Gasteiger partial charge in [0.15, 0.2) is 5.65 Å². The average Bonchev–Trinajstić information content (AvgIpc) is 3.36. The van der Waals surface area contributed by atoms with Crippen LogP contribution >= 0.6 is 0 Å². The maximum Gasteiger partial charge on any atom is 0.304 e. The highest BCUT2D eigenvalue weighted by Crippen LogP contribution is 2.34. The number of pyridine rings is 1. The minimum atomic E-state index is -0.873. The first-order valence-corrected chi connectivity index (χ1v) is 13.9. The Morgan fingerprint density at radius 1 is 1.00 bits per heavy atom. The smallest absolute Gasteiger partial charge is 0.304 e. The van der Waals surface area contributed by atoms with Crippen molar-refractivity contribution in [2.75, 3.05) is 6.54 Å². The molecule has 0 radical (unpaired) electrons. The summed E-state index contributed by atoms with van der Waals surface area (Å²) in [4.78, 5) is 32.0. The van der Waals surface area contributed by atoms with E-state index in [0.29, 0.717) is 18.7 Å². The molecule has 9 rings (SSSR count). The maximum absolute atomic E-state index is 13.4. The second-order valence-electron chi connectivity index (χ2n) is 10.8. The van der Waals surface area contributed by atoms with E-state index in [1.165, 1.54) is 11.1 Å². The Morgan fingerprint density at radius 2 is 1.82 bits per heavy atom. The van der Waals surface area contributed by atoms with Gasteiger partial charge in [-0.2, -0.15) is 0 Å². The van der Waals surface area contributed by atoms with E-state index in [1.54, 1.807) is 6.20 Å². The van der Waals surface area contributed by atoms with E-state index in [9.17, 15) is 14.7 Å². The number of nitrogens with zero attached hydrogens (tertiary/aromatic N) is 5. The minimum Gasteiger partial charge on any atom is -0.481 e. The Labute approximate surface area is 227 Å². The molecule has 2 aromatic carbocycles. The van der Waals surface area contributed by atoms with E-state index >= 15 is 0 Å². The fourth-order valence-electron chi connectivity index (χ4n) is 6.03. The first kappa shape index (κ1) is 25.2. The van der Waals surface area contributed by atoms with Gasteiger partial charge in [0.1, 0.15) is 5.52 Å². The van der Waals surface area contributed by atoms with Gasteiger partial charge >= 0.3 is 5.97 Å². The molecule has 1 unspecified atom stereocenters. The lowest BCUT2D eigenvalue weighted by Crippen LogP contribution is -2.36. The van der Waals surface area contributed by atoms with Crippen LogP contribution in [-0.4, -0.2) is 48.4 Å². The van der Waals surface area contributed by atoms with Crippen molar-refractivity contribution in [3.8, 4) is 0 Å². The summed E-state index contributed by atoms with van der Waals surface area (Å²) in [5.41, 5.74) is 8.38. The van der Waals surface area contributed by atoms with Crippen LogP contribution in [0.25, 0.3) is 11.2 Å². The molecule has 1 atom stereocenters. The number of amides is 1. The fraction of sp³-hybridized carbons (Fsp3) is 0.387. The molecule has 5 aliphatic rings. The molecule has 0 saturated heterocycles. The number of carbonyl (C=O) groups excluding carboxylic acids is 1. The van der Waals surface area contributed by atoms with Gasteiger partial charge in [0.2, 0.25) is 0 Å². The first-order valence-electron chi connectivity index (χ1n) is 13.9. The van der Waals surface area contributed by atoms with E-state index in [2.05, 4.69) is 34.6 Å². The van der Waals surface area contributed by atoms with Crippen LogP contribution in [0.5, 0.6) is 0 Å². The number of hydrogen-bond acceptors (Lipinski definition) is 5. The molecule has 0 fully saturated rings. The van der Waals surface area contributed by atoms with Crippen LogP contribution in [0.2, 0.25) is 0 Å². The van der Waals surface area contributed by atoms with Crippen molar-refractivity contribution in [1.82, 2.24) is 24.9 Å². The van der Waals surface area contributed by atoms with Gasteiger partial charge in [-0.3, -0.25) is 9.59 Å². The first-order chi connectivity index (χ1) is 19.0. The van der Waals surface area contributed by atoms with Crippen LogP contribution in [-0.2, 0) is 30.7 Å². The minimum absolute atomic E-state index is 0.0374. The molecule has 0 spiro atoms. The van der Waals surface area contributed by atoms with Gasteiger partial charge in [-0.1, -0.05) is 48.4 Å². The summed E-state index contributed by atoms with van der Waals surface area (Å²) in [6, 6.07) is 14.3. The predicted molar refractivity (Wildman–Crippen MR) is 148 cm³/mol. The summed E-state index contributed by atoms with van der Waals surface area (Å²) in [6.45, 7) is 3.91. The van der Waals surface area contributed by atoms with Crippen molar-refractivity contribution in [2.45, 2.75) is 70.9 Å². The number of aryl methyl sites for hydroxylation is 3. The van der Waals surface area contributed by atoms with Gasteiger partial charge in [-0.15, -0.1) is 5.10 Å². The summed E-state index contributed by atoms with van der Waals surface area (Å²) in [5.74, 6) is -1.22. The van der Waals surface area contributed by atoms with Gasteiger partial charge in [0.05, 0.1) is 6.42 Å². The molecule has 2 aromatic heterocycles. The van der Waals surface area contributed by atoms with E-state index in [4.69, 9.17) is 4.98 Å². The lowest BCUT2D eigenvalue weighted by molar-refractivity contribution is -0.137. The number of hydrogen-bond donors (Lipinski definition) is 1. The Balaban J connectivity index is 1.41. The second kappa shape index (κ2) is 10.6. The Morgan fingerprint density at radius 3 is 2.64 bits per heavy atom. The summed E-state index contributed by atoms with van der Waals surface area (Å²) in [7, 11) is 0. The highest BCUT2D eigenvalue weighted by Gasteiger charge is 2.26. The number of rotatable bonds is 2. The van der Waals surface area contributed by atoms with E-state index in [1.807, 2.05) is 34.7 Å². The Kier molecular flexibility index (Phi) is 6.85. The SMILES string of the molecule is Cc1c2cnc3c1nnn3CCCCCCc1ccc(cc1)C(=O)N1CCc3ccc(cc3C1)C2CC(=O)O. The van der Waals surface area contributed by atoms with Crippen LogP contribution in [0.1, 0.15) is 81.8 Å². The van der Waals surface area contributed by atoms with Crippen LogP contribution in [0.15, 0.2) is 48.7 Å². The number of benzene rings is 2. The molecule has 39 heavy (non-hydrogen) atoms. The molecule has 1 amide bonds. The van der Waals surface area contributed by atoms with E-state index < -0.39 is 5.97 Å². The average molecular weight is 524 g/mol. The lowest BCUT2D eigenvalue weighted by Gasteiger charge is -2.30. The molecule has 8 nitrogen and oxygen atoms in total. The topological polar surface area (TPSA) is 101 Å². The van der Waals surface area contributed by atoms with Crippen molar-refractivity contribution < 1.29 is 14.7 Å². The molecule has 0 saturated carbocycles. The van der Waals surface area contributed by atoms with Crippen LogP contribution in [0.4, 0.5) is 0 Å². The highest BCUT2D eigenvalue weighted by atomic mass is 16.4. The molecular formula is C31H33N5O3. The van der Waals surface area contributed by atoms with Crippen molar-refractivity contribution >= 4 is 23.0 Å². The van der Waals surface area contributed by atoms with Crippen LogP contribution in [0.3, 0.4) is 0 Å². The van der Waals surface area contributed by atoms with Gasteiger partial charge < -0.3 is 10.0 Å². The van der Waals surface area contributed by atoms with Crippen molar-refractivity contribution in [3.05, 3.63) is 87.6 Å². The lowest BCUT2D eigenvalue weighted by atomic mass is 9.84. The molecule has 5 aliphatic heterocycles. The summed E-state index contributed by atoms with van der Waals surface area (Å²) < 4.78 is 1.87. The normalized spacial score (nSPS) is 18.0. The number of carboxylic acids is 1. The molecule has 7 heterocycles. The van der Waals surface area contributed by atoms with Crippen LogP contribution < -0.4 is 0 Å². The molecule has 9 bridgehead atoms. The van der Waals surface area contributed by atoms with Crippen molar-refractivity contribution in [2.24, 2.45) is 0 Å². The van der Waals surface area contributed by atoms with E-state index in [0.717, 1.165) is 78.5 Å². The van der Waals surface area contributed by atoms with Crippen LogP contribution in [0, 0.1) is 6.92 Å². The number of carbonyl (C=O) groups is 2. The zero-order chi connectivity index (χ0) is 26.9. The molecule has 200 valence electrons. The number of aliphatic carboxylic acids is 1. The largest absolute Gasteiger partial charge is 0.481 e. The molecular weight excluding hydrogens is 490 g/mol. The summed E-state index contributed by atoms with van der Waals surface area (Å²) in [5, 5.41) is 18.7. The zero-order valence-corrected chi connectivity index (χ0v) is 22.3. The second-order valence-corrected chi connectivity index (χ2v) is 10.8. The van der Waals surface area contributed by atoms with Gasteiger partial charge in [0, 0.05) is 37.3 Å². The van der Waals surface area contributed by atoms with Crippen molar-refractivity contribution in [1.29, 1.82) is 0 Å². The summed E-state index contributed by atoms with van der Waals surface area (Å²) >= 11 is 0. The molecule has 1 N–H and O–H groups in total. The number of aromatic nitrogens is 4. The maximum atomic E-state index is 13.4. The quantitative estimate of drug-likeness (QED) is 0.394. The van der Waals surface area contributed by atoms with Gasteiger partial charge in [-0.05, 0) is 78.1 Å². The predicted octanol–water partition coefficient (Wildman–Crippen LogP) is 5.06. The van der Waals surface area contributed by atoms with Gasteiger partial charge in [-0.25, -0.2) is 9.67 Å². The summed E-state index contributed by atoms with van der Waals surface area (Å²) in [6.07, 6.45) is 7.81. The third-order valence-electron chi connectivity index (χ3n) is 8.30. The zero-order valence-electron chi connectivity index (χ0n) is 22.3. The van der Waals surface area contributed by atoms with Gasteiger partial charge in [0.25, 0.3) is 5.91 Å². The Hall–Kier alpha value is -4.07. The molecule has 0 aliphatic carbocycles. The highest BCUT2D eigenvalue weighted by molar-refractivity contribution is 5.94. The standard InChI is InChI=1S/C31H33N5O3/c1-20-27-18-32-30-29(20)33-34-36(30)14-5-3-2-4-6-21-7-9-23(10-8-21)31(39)35-15-13-22-11-12-24(16-25(22)19-35)26(27)17-28(37)38/h7-12,16,18,26H,2-6,13-15,17,19H2,1H3,(H,37,38). The Bertz CT molecular complexity index is 1540. The van der Waals surface area contributed by atoms with E-state index in [-0.39, 0.29) is 18.2 Å². The third-order valence-corrected chi connectivity index (χ3v) is 8.30. The monoisotopic (exact) mass is 523 g/mol. The molecule has 4 aromatic rings. The third kappa shape index (κ3) is 5.03.